The number of rotatable bonds is 4. The van der Waals surface area contributed by atoms with Crippen molar-refractivity contribution >= 4 is 17.8 Å². The molecule has 1 heterocycles. The van der Waals surface area contributed by atoms with Gasteiger partial charge in [-0.1, -0.05) is 30.3 Å². The monoisotopic (exact) mass is 290 g/mol. The number of carbonyl (C=O) groups excluding carboxylic acids is 1. The van der Waals surface area contributed by atoms with E-state index in [1.807, 2.05) is 42.5 Å². The number of para-hydroxylation sites is 1. The van der Waals surface area contributed by atoms with E-state index in [-0.39, 0.29) is 0 Å². The van der Waals surface area contributed by atoms with Gasteiger partial charge < -0.3 is 10.2 Å². The van der Waals surface area contributed by atoms with Crippen molar-refractivity contribution in [1.29, 1.82) is 0 Å². The molecule has 0 aliphatic rings. The molecule has 108 valence electrons. The van der Waals surface area contributed by atoms with Crippen LogP contribution in [0, 0.1) is 0 Å². The highest BCUT2D eigenvalue weighted by Crippen LogP contribution is 2.22. The summed E-state index contributed by atoms with van der Waals surface area (Å²) in [7, 11) is 0. The van der Waals surface area contributed by atoms with Crippen LogP contribution in [-0.2, 0) is 0 Å². The number of nitrogens with two attached hydrogens (primary N) is 1. The second-order valence-corrected chi connectivity index (χ2v) is 4.74. The minimum atomic E-state index is -0.443. The standard InChI is InChI=1S/C18H14N2O2/c19-18(21)14-8-6-13(7-9-14)17-11-10-16(22-17)12-20-15-4-2-1-3-5-15/h1-12H,(H2,19,21). The second-order valence-electron chi connectivity index (χ2n) is 4.74. The molecular formula is C18H14N2O2. The van der Waals surface area contributed by atoms with Gasteiger partial charge in [0.15, 0.2) is 0 Å². The van der Waals surface area contributed by atoms with Crippen LogP contribution in [0.3, 0.4) is 0 Å². The third-order valence-corrected chi connectivity index (χ3v) is 3.18. The number of nitrogens with zero attached hydrogens (tertiary/aromatic N) is 1. The Labute approximate surface area is 127 Å². The quantitative estimate of drug-likeness (QED) is 0.742. The number of hydrogen-bond donors (Lipinski definition) is 1. The maximum Gasteiger partial charge on any atom is 0.248 e. The first-order valence-electron chi connectivity index (χ1n) is 6.81. The summed E-state index contributed by atoms with van der Waals surface area (Å²) in [6.07, 6.45) is 1.68. The van der Waals surface area contributed by atoms with Crippen LogP contribution in [-0.4, -0.2) is 12.1 Å². The normalized spacial score (nSPS) is 10.9. The van der Waals surface area contributed by atoms with Crippen LogP contribution in [0.5, 0.6) is 0 Å². The van der Waals surface area contributed by atoms with Gasteiger partial charge in [0, 0.05) is 11.1 Å². The maximum atomic E-state index is 11.1. The van der Waals surface area contributed by atoms with Gasteiger partial charge in [0.25, 0.3) is 0 Å². The Bertz CT molecular complexity index is 803. The Morgan fingerprint density at radius 1 is 0.955 bits per heavy atom. The molecule has 0 saturated heterocycles. The third kappa shape index (κ3) is 3.12. The van der Waals surface area contributed by atoms with Crippen LogP contribution in [0.1, 0.15) is 16.1 Å². The van der Waals surface area contributed by atoms with Gasteiger partial charge in [-0.05, 0) is 36.4 Å². The Morgan fingerprint density at radius 3 is 2.36 bits per heavy atom. The van der Waals surface area contributed by atoms with Gasteiger partial charge in [-0.2, -0.15) is 0 Å². The van der Waals surface area contributed by atoms with E-state index in [0.29, 0.717) is 17.1 Å². The highest BCUT2D eigenvalue weighted by molar-refractivity contribution is 5.93. The van der Waals surface area contributed by atoms with Crippen LogP contribution in [0.2, 0.25) is 0 Å². The summed E-state index contributed by atoms with van der Waals surface area (Å²) in [6.45, 7) is 0. The number of hydrogen-bond acceptors (Lipinski definition) is 3. The van der Waals surface area contributed by atoms with Crippen molar-refractivity contribution in [2.24, 2.45) is 10.7 Å². The number of benzene rings is 2. The summed E-state index contributed by atoms with van der Waals surface area (Å²) in [5.74, 6) is 0.935. The Hall–Kier alpha value is -3.14. The summed E-state index contributed by atoms with van der Waals surface area (Å²) < 4.78 is 5.73. The van der Waals surface area contributed by atoms with Gasteiger partial charge in [-0.15, -0.1) is 0 Å². The van der Waals surface area contributed by atoms with Crippen molar-refractivity contribution in [2.45, 2.75) is 0 Å². The first-order valence-corrected chi connectivity index (χ1v) is 6.81. The van der Waals surface area contributed by atoms with Gasteiger partial charge in [0.05, 0.1) is 11.9 Å². The lowest BCUT2D eigenvalue weighted by molar-refractivity contribution is 0.100. The van der Waals surface area contributed by atoms with Crippen molar-refractivity contribution in [1.82, 2.24) is 0 Å². The largest absolute Gasteiger partial charge is 0.455 e. The van der Waals surface area contributed by atoms with E-state index in [2.05, 4.69) is 4.99 Å². The van der Waals surface area contributed by atoms with E-state index in [4.69, 9.17) is 10.2 Å². The molecule has 1 amide bonds. The van der Waals surface area contributed by atoms with E-state index < -0.39 is 5.91 Å². The zero-order valence-corrected chi connectivity index (χ0v) is 11.8. The molecule has 3 rings (SSSR count). The average molecular weight is 290 g/mol. The molecule has 0 saturated carbocycles. The molecule has 3 aromatic rings. The lowest BCUT2D eigenvalue weighted by atomic mass is 10.1. The molecule has 0 atom stereocenters. The molecular weight excluding hydrogens is 276 g/mol. The number of furan rings is 1. The molecule has 2 N–H and O–H groups in total. The zero-order valence-electron chi connectivity index (χ0n) is 11.8. The molecule has 0 radical (unpaired) electrons. The average Bonchev–Trinajstić information content (AvgIpc) is 3.03. The van der Waals surface area contributed by atoms with Crippen molar-refractivity contribution in [3.05, 3.63) is 78.1 Å². The van der Waals surface area contributed by atoms with Crippen LogP contribution < -0.4 is 5.73 Å². The van der Waals surface area contributed by atoms with Gasteiger partial charge >= 0.3 is 0 Å². The van der Waals surface area contributed by atoms with E-state index in [0.717, 1.165) is 11.3 Å². The van der Waals surface area contributed by atoms with Crippen molar-refractivity contribution in [3.63, 3.8) is 0 Å². The van der Waals surface area contributed by atoms with Gasteiger partial charge in [0.1, 0.15) is 11.5 Å². The summed E-state index contributed by atoms with van der Waals surface area (Å²) in [4.78, 5) is 15.4. The van der Waals surface area contributed by atoms with E-state index in [1.165, 1.54) is 0 Å². The third-order valence-electron chi connectivity index (χ3n) is 3.18. The van der Waals surface area contributed by atoms with Crippen LogP contribution in [0.4, 0.5) is 5.69 Å². The summed E-state index contributed by atoms with van der Waals surface area (Å²) in [6, 6.07) is 20.3. The second kappa shape index (κ2) is 6.10. The molecule has 0 fully saturated rings. The minimum absolute atomic E-state index is 0.443. The summed E-state index contributed by atoms with van der Waals surface area (Å²) in [5, 5.41) is 0. The van der Waals surface area contributed by atoms with Gasteiger partial charge in [-0.3, -0.25) is 9.79 Å². The predicted molar refractivity (Wildman–Crippen MR) is 86.4 cm³/mol. The Morgan fingerprint density at radius 2 is 1.68 bits per heavy atom. The molecule has 4 heteroatoms. The van der Waals surface area contributed by atoms with Crippen molar-refractivity contribution in [2.75, 3.05) is 0 Å². The van der Waals surface area contributed by atoms with Crippen LogP contribution >= 0.6 is 0 Å². The predicted octanol–water partition coefficient (Wildman–Crippen LogP) is 3.80. The fraction of sp³-hybridized carbons (Fsp3) is 0. The maximum absolute atomic E-state index is 11.1. The van der Waals surface area contributed by atoms with Gasteiger partial charge in [0.2, 0.25) is 5.91 Å². The molecule has 0 aliphatic heterocycles. The van der Waals surface area contributed by atoms with Crippen molar-refractivity contribution < 1.29 is 9.21 Å². The smallest absolute Gasteiger partial charge is 0.248 e. The molecule has 0 unspecified atom stereocenters. The van der Waals surface area contributed by atoms with Crippen LogP contribution in [0.25, 0.3) is 11.3 Å². The Balaban J connectivity index is 1.79. The highest BCUT2D eigenvalue weighted by atomic mass is 16.3. The topological polar surface area (TPSA) is 68.6 Å². The summed E-state index contributed by atoms with van der Waals surface area (Å²) in [5.41, 5.74) is 7.44. The first kappa shape index (κ1) is 13.8. The van der Waals surface area contributed by atoms with Crippen molar-refractivity contribution in [3.8, 4) is 11.3 Å². The lowest BCUT2D eigenvalue weighted by Crippen LogP contribution is -2.10. The SMILES string of the molecule is NC(=O)c1ccc(-c2ccc(C=Nc3ccccc3)o2)cc1. The molecule has 0 spiro atoms. The van der Waals surface area contributed by atoms with E-state index >= 15 is 0 Å². The van der Waals surface area contributed by atoms with Crippen LogP contribution in [0.15, 0.2) is 76.1 Å². The molecule has 1 aromatic heterocycles. The number of amides is 1. The summed E-state index contributed by atoms with van der Waals surface area (Å²) >= 11 is 0. The first-order chi connectivity index (χ1) is 10.7. The fourth-order valence-corrected chi connectivity index (χ4v) is 2.03. The molecule has 0 bridgehead atoms. The van der Waals surface area contributed by atoms with E-state index in [9.17, 15) is 4.79 Å². The van der Waals surface area contributed by atoms with Gasteiger partial charge in [-0.25, -0.2) is 0 Å². The number of aliphatic imine (C=N–C) groups is 1. The molecule has 22 heavy (non-hydrogen) atoms. The zero-order chi connectivity index (χ0) is 15.4. The van der Waals surface area contributed by atoms with E-state index in [1.54, 1.807) is 30.5 Å². The lowest BCUT2D eigenvalue weighted by Gasteiger charge is -1.98. The number of primary amides is 1. The number of carbonyl (C=O) groups is 1. The Kier molecular flexibility index (Phi) is 3.83. The fourth-order valence-electron chi connectivity index (χ4n) is 2.03. The highest BCUT2D eigenvalue weighted by Gasteiger charge is 2.05. The molecule has 4 nitrogen and oxygen atoms in total. The molecule has 0 aliphatic carbocycles. The molecule has 2 aromatic carbocycles. The minimum Gasteiger partial charge on any atom is -0.455 e.